The van der Waals surface area contributed by atoms with Crippen LogP contribution in [0.1, 0.15) is 46.0 Å². The molecule has 1 aliphatic carbocycles. The molecule has 106 valence electrons. The molecular formula is C15H30N2O. The maximum absolute atomic E-state index is 5.29. The summed E-state index contributed by atoms with van der Waals surface area (Å²) in [5.74, 6) is 0. The van der Waals surface area contributed by atoms with Gasteiger partial charge in [-0.15, -0.1) is 0 Å². The smallest absolute Gasteiger partial charge is 0.0589 e. The van der Waals surface area contributed by atoms with Crippen LogP contribution in [0.25, 0.3) is 0 Å². The van der Waals surface area contributed by atoms with E-state index in [-0.39, 0.29) is 0 Å². The van der Waals surface area contributed by atoms with Crippen LogP contribution in [0.4, 0.5) is 0 Å². The molecule has 2 rings (SSSR count). The first-order valence-corrected chi connectivity index (χ1v) is 7.57. The molecule has 1 saturated heterocycles. The number of nitrogens with one attached hydrogen (secondary N) is 1. The largest absolute Gasteiger partial charge is 0.383 e. The van der Waals surface area contributed by atoms with E-state index in [1.165, 1.54) is 45.2 Å². The standard InChI is InChI=1S/C15H30N2O/c1-15(2)7-6-14(11-15)17(9-10-18-3)12-13-5-4-8-16-13/h13-14,16H,4-12H2,1-3H3. The number of hydrogen-bond donors (Lipinski definition) is 1. The number of methoxy groups -OCH3 is 1. The monoisotopic (exact) mass is 254 g/mol. The van der Waals surface area contributed by atoms with Crippen molar-refractivity contribution in [1.29, 1.82) is 0 Å². The van der Waals surface area contributed by atoms with Gasteiger partial charge in [-0.25, -0.2) is 0 Å². The molecule has 0 radical (unpaired) electrons. The van der Waals surface area contributed by atoms with E-state index in [4.69, 9.17) is 4.74 Å². The third-order valence-electron chi connectivity index (χ3n) is 4.66. The molecule has 2 unspecified atom stereocenters. The molecule has 3 heteroatoms. The summed E-state index contributed by atoms with van der Waals surface area (Å²) in [6.07, 6.45) is 6.78. The molecule has 2 fully saturated rings. The van der Waals surface area contributed by atoms with Gasteiger partial charge in [0.05, 0.1) is 6.61 Å². The SMILES string of the molecule is COCCN(CC1CCCN1)C1CCC(C)(C)C1. The van der Waals surface area contributed by atoms with E-state index >= 15 is 0 Å². The average Bonchev–Trinajstić information content (AvgIpc) is 2.93. The molecule has 2 atom stereocenters. The van der Waals surface area contributed by atoms with Crippen molar-refractivity contribution in [1.82, 2.24) is 10.2 Å². The van der Waals surface area contributed by atoms with Crippen molar-refractivity contribution in [3.8, 4) is 0 Å². The Morgan fingerprint density at radius 1 is 1.33 bits per heavy atom. The summed E-state index contributed by atoms with van der Waals surface area (Å²) in [6.45, 7) is 9.20. The number of ether oxygens (including phenoxy) is 1. The van der Waals surface area contributed by atoms with Gasteiger partial charge in [0.2, 0.25) is 0 Å². The van der Waals surface area contributed by atoms with Crippen molar-refractivity contribution in [3.63, 3.8) is 0 Å². The van der Waals surface area contributed by atoms with Gasteiger partial charge >= 0.3 is 0 Å². The van der Waals surface area contributed by atoms with E-state index < -0.39 is 0 Å². The van der Waals surface area contributed by atoms with Crippen LogP contribution in [0.15, 0.2) is 0 Å². The number of hydrogen-bond acceptors (Lipinski definition) is 3. The first-order valence-electron chi connectivity index (χ1n) is 7.57. The second kappa shape index (κ2) is 6.36. The summed E-state index contributed by atoms with van der Waals surface area (Å²) in [4.78, 5) is 2.68. The van der Waals surface area contributed by atoms with Crippen LogP contribution in [0.2, 0.25) is 0 Å². The van der Waals surface area contributed by atoms with Crippen LogP contribution in [0, 0.1) is 5.41 Å². The van der Waals surface area contributed by atoms with Crippen molar-refractivity contribution in [2.75, 3.05) is 33.4 Å². The van der Waals surface area contributed by atoms with Gasteiger partial charge in [-0.2, -0.15) is 0 Å². The van der Waals surface area contributed by atoms with Crippen molar-refractivity contribution in [2.45, 2.75) is 58.0 Å². The molecule has 1 aliphatic heterocycles. The van der Waals surface area contributed by atoms with E-state index in [1.54, 1.807) is 0 Å². The van der Waals surface area contributed by atoms with Gasteiger partial charge in [-0.05, 0) is 44.1 Å². The fraction of sp³-hybridized carbons (Fsp3) is 1.00. The van der Waals surface area contributed by atoms with Crippen molar-refractivity contribution < 1.29 is 4.74 Å². The molecule has 0 amide bonds. The van der Waals surface area contributed by atoms with E-state index in [1.807, 2.05) is 7.11 Å². The normalized spacial score (nSPS) is 31.3. The van der Waals surface area contributed by atoms with E-state index in [0.717, 1.165) is 19.2 Å². The summed E-state index contributed by atoms with van der Waals surface area (Å²) in [6, 6.07) is 1.49. The Balaban J connectivity index is 1.87. The Morgan fingerprint density at radius 2 is 2.17 bits per heavy atom. The summed E-state index contributed by atoms with van der Waals surface area (Å²) in [7, 11) is 1.81. The molecule has 1 N–H and O–H groups in total. The van der Waals surface area contributed by atoms with E-state index in [0.29, 0.717) is 11.5 Å². The van der Waals surface area contributed by atoms with E-state index in [2.05, 4.69) is 24.1 Å². The third-order valence-corrected chi connectivity index (χ3v) is 4.66. The Morgan fingerprint density at radius 3 is 2.72 bits per heavy atom. The van der Waals surface area contributed by atoms with Crippen molar-refractivity contribution in [2.24, 2.45) is 5.41 Å². The molecule has 1 saturated carbocycles. The zero-order valence-electron chi connectivity index (χ0n) is 12.4. The van der Waals surface area contributed by atoms with Gasteiger partial charge in [0.25, 0.3) is 0 Å². The summed E-state index contributed by atoms with van der Waals surface area (Å²) in [5.41, 5.74) is 0.541. The predicted octanol–water partition coefficient (Wildman–Crippen LogP) is 2.27. The summed E-state index contributed by atoms with van der Waals surface area (Å²) in [5, 5.41) is 3.63. The molecule has 0 aromatic rings. The van der Waals surface area contributed by atoms with Gasteiger partial charge in [0.1, 0.15) is 0 Å². The van der Waals surface area contributed by atoms with E-state index in [9.17, 15) is 0 Å². The Labute approximate surface area is 112 Å². The predicted molar refractivity (Wildman–Crippen MR) is 75.9 cm³/mol. The number of nitrogens with zero attached hydrogens (tertiary/aromatic N) is 1. The quantitative estimate of drug-likeness (QED) is 0.787. The van der Waals surface area contributed by atoms with Crippen LogP contribution in [-0.4, -0.2) is 50.3 Å². The van der Waals surface area contributed by atoms with Crippen molar-refractivity contribution in [3.05, 3.63) is 0 Å². The Bertz CT molecular complexity index is 249. The van der Waals surface area contributed by atoms with Crippen LogP contribution in [0.5, 0.6) is 0 Å². The minimum Gasteiger partial charge on any atom is -0.383 e. The maximum Gasteiger partial charge on any atom is 0.0589 e. The fourth-order valence-electron chi connectivity index (χ4n) is 3.54. The first kappa shape index (κ1) is 14.3. The van der Waals surface area contributed by atoms with Crippen molar-refractivity contribution >= 4 is 0 Å². The topological polar surface area (TPSA) is 24.5 Å². The molecule has 1 heterocycles. The molecule has 18 heavy (non-hydrogen) atoms. The summed E-state index contributed by atoms with van der Waals surface area (Å²) < 4.78 is 5.29. The summed E-state index contributed by atoms with van der Waals surface area (Å²) >= 11 is 0. The second-order valence-electron chi connectivity index (χ2n) is 6.84. The van der Waals surface area contributed by atoms with Gasteiger partial charge in [-0.3, -0.25) is 4.90 Å². The first-order chi connectivity index (χ1) is 8.61. The van der Waals surface area contributed by atoms with Crippen LogP contribution >= 0.6 is 0 Å². The maximum atomic E-state index is 5.29. The third kappa shape index (κ3) is 3.94. The lowest BCUT2D eigenvalue weighted by atomic mass is 9.91. The zero-order chi connectivity index (χ0) is 13.0. The molecule has 0 aromatic heterocycles. The van der Waals surface area contributed by atoms with Gasteiger partial charge in [-0.1, -0.05) is 13.8 Å². The number of rotatable bonds is 6. The van der Waals surface area contributed by atoms with Gasteiger partial charge < -0.3 is 10.1 Å². The minimum atomic E-state index is 0.541. The fourth-order valence-corrected chi connectivity index (χ4v) is 3.54. The van der Waals surface area contributed by atoms with Crippen LogP contribution in [-0.2, 0) is 4.74 Å². The molecule has 0 aromatic carbocycles. The molecular weight excluding hydrogens is 224 g/mol. The highest BCUT2D eigenvalue weighted by atomic mass is 16.5. The van der Waals surface area contributed by atoms with Gasteiger partial charge in [0, 0.05) is 32.3 Å². The molecule has 0 bridgehead atoms. The highest BCUT2D eigenvalue weighted by molar-refractivity contribution is 4.90. The van der Waals surface area contributed by atoms with Gasteiger partial charge in [0.15, 0.2) is 0 Å². The Hall–Kier alpha value is -0.120. The molecule has 2 aliphatic rings. The lowest BCUT2D eigenvalue weighted by Crippen LogP contribution is -2.44. The van der Waals surface area contributed by atoms with Crippen LogP contribution < -0.4 is 5.32 Å². The Kier molecular flexibility index (Phi) is 5.05. The highest BCUT2D eigenvalue weighted by Crippen LogP contribution is 2.39. The second-order valence-corrected chi connectivity index (χ2v) is 6.84. The van der Waals surface area contributed by atoms with Crippen LogP contribution in [0.3, 0.4) is 0 Å². The molecule has 3 nitrogen and oxygen atoms in total. The lowest BCUT2D eigenvalue weighted by molar-refractivity contribution is 0.109. The minimum absolute atomic E-state index is 0.541. The zero-order valence-corrected chi connectivity index (χ0v) is 12.4. The average molecular weight is 254 g/mol. The lowest BCUT2D eigenvalue weighted by Gasteiger charge is -2.32. The highest BCUT2D eigenvalue weighted by Gasteiger charge is 2.35. The molecule has 0 spiro atoms.